The van der Waals surface area contributed by atoms with Gasteiger partial charge in [0.05, 0.1) is 12.2 Å². The zero-order valence-corrected chi connectivity index (χ0v) is 11.7. The van der Waals surface area contributed by atoms with Crippen molar-refractivity contribution >= 4 is 27.7 Å². The number of amides is 1. The Balaban J connectivity index is 2.83. The van der Waals surface area contributed by atoms with E-state index >= 15 is 0 Å². The number of carbonyl (C=O) groups excluding carboxylic acids is 1. The molecule has 2 N–H and O–H groups in total. The minimum Gasteiger partial charge on any atom is -0.383 e. The van der Waals surface area contributed by atoms with E-state index in [2.05, 4.69) is 31.5 Å². The Hall–Kier alpha value is -1.14. The van der Waals surface area contributed by atoms with Crippen molar-refractivity contribution in [3.63, 3.8) is 0 Å². The second-order valence-corrected chi connectivity index (χ2v) is 4.55. The van der Waals surface area contributed by atoms with Gasteiger partial charge in [0.25, 0.3) is 5.91 Å². The molecule has 0 aromatic carbocycles. The molecule has 0 bridgehead atoms. The summed E-state index contributed by atoms with van der Waals surface area (Å²) in [6.45, 7) is 2.36. The summed E-state index contributed by atoms with van der Waals surface area (Å²) in [4.78, 5) is 16.1. The molecule has 0 aliphatic heterocycles. The number of anilines is 1. The molecular formula is C11H16BrN3O2. The average molecular weight is 302 g/mol. The van der Waals surface area contributed by atoms with E-state index in [-0.39, 0.29) is 11.9 Å². The van der Waals surface area contributed by atoms with Crippen molar-refractivity contribution in [2.24, 2.45) is 0 Å². The Morgan fingerprint density at radius 3 is 2.94 bits per heavy atom. The van der Waals surface area contributed by atoms with E-state index in [4.69, 9.17) is 4.74 Å². The lowest BCUT2D eigenvalue weighted by atomic mass is 10.2. The largest absolute Gasteiger partial charge is 0.383 e. The molecule has 0 aliphatic carbocycles. The summed E-state index contributed by atoms with van der Waals surface area (Å²) < 4.78 is 5.73. The maximum Gasteiger partial charge on any atom is 0.255 e. The summed E-state index contributed by atoms with van der Waals surface area (Å²) in [6, 6.07) is 1.68. The van der Waals surface area contributed by atoms with Crippen LogP contribution in [0.4, 0.5) is 5.82 Å². The van der Waals surface area contributed by atoms with Crippen LogP contribution in [-0.2, 0) is 4.74 Å². The monoisotopic (exact) mass is 301 g/mol. The summed E-state index contributed by atoms with van der Waals surface area (Å²) in [5.74, 6) is 0.378. The molecule has 0 spiro atoms. The van der Waals surface area contributed by atoms with Crippen molar-refractivity contribution in [3.05, 3.63) is 22.3 Å². The SMILES string of the molecule is CNc1ncc(Br)cc1C(=O)NC(C)COC. The molecule has 94 valence electrons. The molecule has 17 heavy (non-hydrogen) atoms. The third kappa shape index (κ3) is 3.98. The normalized spacial score (nSPS) is 12.0. The highest BCUT2D eigenvalue weighted by molar-refractivity contribution is 9.10. The molecule has 0 saturated heterocycles. The van der Waals surface area contributed by atoms with E-state index in [0.717, 1.165) is 4.47 Å². The number of rotatable bonds is 5. The van der Waals surface area contributed by atoms with Crippen LogP contribution in [0.1, 0.15) is 17.3 Å². The fraction of sp³-hybridized carbons (Fsp3) is 0.455. The van der Waals surface area contributed by atoms with E-state index in [1.54, 1.807) is 26.4 Å². The maximum absolute atomic E-state index is 12.0. The number of pyridine rings is 1. The highest BCUT2D eigenvalue weighted by atomic mass is 79.9. The standard InChI is InChI=1S/C11H16BrN3O2/c1-7(6-17-3)15-11(16)9-4-8(12)5-14-10(9)13-2/h4-5,7H,6H2,1-3H3,(H,13,14)(H,15,16). The highest BCUT2D eigenvalue weighted by Gasteiger charge is 2.14. The van der Waals surface area contributed by atoms with Gasteiger partial charge in [-0.25, -0.2) is 4.98 Å². The third-order valence-electron chi connectivity index (χ3n) is 2.13. The van der Waals surface area contributed by atoms with Crippen LogP contribution in [0.2, 0.25) is 0 Å². The molecule has 0 saturated carbocycles. The van der Waals surface area contributed by atoms with Crippen LogP contribution in [0.15, 0.2) is 16.7 Å². The third-order valence-corrected chi connectivity index (χ3v) is 2.56. The average Bonchev–Trinajstić information content (AvgIpc) is 2.29. The van der Waals surface area contributed by atoms with E-state index in [9.17, 15) is 4.79 Å². The Morgan fingerprint density at radius 2 is 2.35 bits per heavy atom. The van der Waals surface area contributed by atoms with Gasteiger partial charge >= 0.3 is 0 Å². The minimum atomic E-state index is -0.173. The number of aromatic nitrogens is 1. The number of ether oxygens (including phenoxy) is 1. The number of hydrogen-bond acceptors (Lipinski definition) is 4. The van der Waals surface area contributed by atoms with Gasteiger partial charge in [-0.1, -0.05) is 0 Å². The van der Waals surface area contributed by atoms with Crippen LogP contribution in [0, 0.1) is 0 Å². The van der Waals surface area contributed by atoms with Crippen molar-refractivity contribution in [2.45, 2.75) is 13.0 Å². The Bertz CT molecular complexity index is 398. The van der Waals surface area contributed by atoms with Gasteiger partial charge in [-0.3, -0.25) is 4.79 Å². The first-order chi connectivity index (χ1) is 8.08. The molecule has 0 aliphatic rings. The van der Waals surface area contributed by atoms with Crippen LogP contribution in [-0.4, -0.2) is 37.7 Å². The van der Waals surface area contributed by atoms with Crippen molar-refractivity contribution in [2.75, 3.05) is 26.1 Å². The molecule has 5 nitrogen and oxygen atoms in total. The first-order valence-electron chi connectivity index (χ1n) is 5.21. The van der Waals surface area contributed by atoms with Crippen molar-refractivity contribution < 1.29 is 9.53 Å². The van der Waals surface area contributed by atoms with E-state index in [1.807, 2.05) is 6.92 Å². The summed E-state index contributed by atoms with van der Waals surface area (Å²) in [7, 11) is 3.33. The van der Waals surface area contributed by atoms with Gasteiger partial charge in [0.2, 0.25) is 0 Å². The molecule has 1 amide bonds. The number of nitrogens with zero attached hydrogens (tertiary/aromatic N) is 1. The van der Waals surface area contributed by atoms with Crippen LogP contribution < -0.4 is 10.6 Å². The van der Waals surface area contributed by atoms with Gasteiger partial charge in [-0.15, -0.1) is 0 Å². The molecule has 1 rings (SSSR count). The maximum atomic E-state index is 12.0. The molecule has 1 heterocycles. The lowest BCUT2D eigenvalue weighted by molar-refractivity contribution is 0.0906. The molecular weight excluding hydrogens is 286 g/mol. The van der Waals surface area contributed by atoms with Crippen LogP contribution in [0.5, 0.6) is 0 Å². The van der Waals surface area contributed by atoms with Crippen molar-refractivity contribution in [1.29, 1.82) is 0 Å². The quantitative estimate of drug-likeness (QED) is 0.868. The van der Waals surface area contributed by atoms with Gasteiger partial charge in [0, 0.05) is 30.9 Å². The van der Waals surface area contributed by atoms with E-state index < -0.39 is 0 Å². The van der Waals surface area contributed by atoms with Gasteiger partial charge in [-0.2, -0.15) is 0 Å². The summed E-state index contributed by atoms with van der Waals surface area (Å²) >= 11 is 3.30. The Labute approximate surface area is 109 Å². The van der Waals surface area contributed by atoms with Crippen LogP contribution in [0.3, 0.4) is 0 Å². The lowest BCUT2D eigenvalue weighted by Gasteiger charge is -2.14. The summed E-state index contributed by atoms with van der Waals surface area (Å²) in [5, 5.41) is 5.72. The van der Waals surface area contributed by atoms with Crippen molar-refractivity contribution in [1.82, 2.24) is 10.3 Å². The number of halogens is 1. The first kappa shape index (κ1) is 13.9. The van der Waals surface area contributed by atoms with Gasteiger partial charge in [-0.05, 0) is 28.9 Å². The molecule has 1 aromatic heterocycles. The van der Waals surface area contributed by atoms with Crippen molar-refractivity contribution in [3.8, 4) is 0 Å². The number of hydrogen-bond donors (Lipinski definition) is 2. The number of nitrogens with one attached hydrogen (secondary N) is 2. The predicted molar refractivity (Wildman–Crippen MR) is 70.3 cm³/mol. The molecule has 1 aromatic rings. The Morgan fingerprint density at radius 1 is 1.65 bits per heavy atom. The van der Waals surface area contributed by atoms with Crippen LogP contribution in [0.25, 0.3) is 0 Å². The van der Waals surface area contributed by atoms with Crippen LogP contribution >= 0.6 is 15.9 Å². The molecule has 0 radical (unpaired) electrons. The highest BCUT2D eigenvalue weighted by Crippen LogP contribution is 2.17. The summed E-state index contributed by atoms with van der Waals surface area (Å²) in [6.07, 6.45) is 1.64. The first-order valence-corrected chi connectivity index (χ1v) is 6.01. The van der Waals surface area contributed by atoms with Gasteiger partial charge in [0.1, 0.15) is 5.82 Å². The molecule has 6 heteroatoms. The Kier molecular flexibility index (Phi) is 5.37. The van der Waals surface area contributed by atoms with Gasteiger partial charge < -0.3 is 15.4 Å². The second-order valence-electron chi connectivity index (χ2n) is 3.63. The number of carbonyl (C=O) groups is 1. The molecule has 1 unspecified atom stereocenters. The fourth-order valence-corrected chi connectivity index (χ4v) is 1.74. The lowest BCUT2D eigenvalue weighted by Crippen LogP contribution is -2.36. The minimum absolute atomic E-state index is 0.0452. The topological polar surface area (TPSA) is 63.2 Å². The summed E-state index contributed by atoms with van der Waals surface area (Å²) in [5.41, 5.74) is 0.504. The fourth-order valence-electron chi connectivity index (χ4n) is 1.40. The van der Waals surface area contributed by atoms with Gasteiger partial charge in [0.15, 0.2) is 0 Å². The number of methoxy groups -OCH3 is 1. The zero-order valence-electron chi connectivity index (χ0n) is 10.1. The molecule has 0 fully saturated rings. The van der Waals surface area contributed by atoms with E-state index in [0.29, 0.717) is 18.0 Å². The zero-order chi connectivity index (χ0) is 12.8. The smallest absolute Gasteiger partial charge is 0.255 e. The predicted octanol–water partition coefficient (Wildman–Crippen LogP) is 1.65. The molecule has 1 atom stereocenters. The second kappa shape index (κ2) is 6.56. The van der Waals surface area contributed by atoms with E-state index in [1.165, 1.54) is 0 Å².